The van der Waals surface area contributed by atoms with Gasteiger partial charge in [-0.15, -0.1) is 0 Å². The molecule has 11 heteroatoms. The van der Waals surface area contributed by atoms with Crippen LogP contribution in [0.25, 0.3) is 11.2 Å². The molecule has 1 saturated heterocycles. The number of imidazole rings is 1. The Balaban J connectivity index is 1.70. The average Bonchev–Trinajstić information content (AvgIpc) is 3.39. The van der Waals surface area contributed by atoms with Crippen molar-refractivity contribution in [2.75, 3.05) is 11.5 Å². The SMILES string of the molecule is Cn1c(=O)c2c(ncn2CC(=O)N(C2CCCC2)C2CCS(=O)(=O)C2)n(C)c1=O. The monoisotopic (exact) mass is 423 g/mol. The van der Waals surface area contributed by atoms with Crippen molar-refractivity contribution in [3.63, 3.8) is 0 Å². The molecule has 2 aromatic heterocycles. The van der Waals surface area contributed by atoms with Gasteiger partial charge in [-0.25, -0.2) is 18.2 Å². The van der Waals surface area contributed by atoms with Crippen LogP contribution in [0.5, 0.6) is 0 Å². The van der Waals surface area contributed by atoms with Crippen LogP contribution in [0.4, 0.5) is 0 Å². The second kappa shape index (κ2) is 7.12. The molecule has 1 aliphatic carbocycles. The van der Waals surface area contributed by atoms with E-state index in [0.717, 1.165) is 30.3 Å². The fourth-order valence-corrected chi connectivity index (χ4v) is 6.34. The normalized spacial score (nSPS) is 21.8. The van der Waals surface area contributed by atoms with Crippen LogP contribution in [0, 0.1) is 0 Å². The highest BCUT2D eigenvalue weighted by Gasteiger charge is 2.39. The Morgan fingerprint density at radius 1 is 1.14 bits per heavy atom. The number of rotatable bonds is 4. The Bertz CT molecular complexity index is 1190. The molecular weight excluding hydrogens is 398 g/mol. The van der Waals surface area contributed by atoms with Gasteiger partial charge in [-0.05, 0) is 19.3 Å². The van der Waals surface area contributed by atoms with Crippen molar-refractivity contribution in [3.05, 3.63) is 27.2 Å². The third-order valence-corrected chi connectivity index (χ3v) is 7.88. The lowest BCUT2D eigenvalue weighted by Crippen LogP contribution is -2.48. The van der Waals surface area contributed by atoms with Crippen molar-refractivity contribution < 1.29 is 13.2 Å². The average molecular weight is 423 g/mol. The Morgan fingerprint density at radius 2 is 1.83 bits per heavy atom. The van der Waals surface area contributed by atoms with Gasteiger partial charge in [0.15, 0.2) is 21.0 Å². The molecule has 2 fully saturated rings. The number of carbonyl (C=O) groups excluding carboxylic acids is 1. The first-order chi connectivity index (χ1) is 13.7. The van der Waals surface area contributed by atoms with E-state index in [2.05, 4.69) is 4.98 Å². The Kier molecular flexibility index (Phi) is 4.88. The minimum Gasteiger partial charge on any atom is -0.334 e. The van der Waals surface area contributed by atoms with Crippen LogP contribution in [0.2, 0.25) is 0 Å². The predicted molar refractivity (Wildman–Crippen MR) is 106 cm³/mol. The molecule has 2 aromatic rings. The van der Waals surface area contributed by atoms with Gasteiger partial charge >= 0.3 is 5.69 Å². The van der Waals surface area contributed by atoms with Crippen molar-refractivity contribution in [2.45, 2.75) is 50.7 Å². The van der Waals surface area contributed by atoms with Crippen LogP contribution in [-0.2, 0) is 35.3 Å². The summed E-state index contributed by atoms with van der Waals surface area (Å²) in [6.45, 7) is -0.114. The maximum Gasteiger partial charge on any atom is 0.332 e. The van der Waals surface area contributed by atoms with Gasteiger partial charge in [-0.3, -0.25) is 18.7 Å². The van der Waals surface area contributed by atoms with Crippen LogP contribution in [0.3, 0.4) is 0 Å². The third kappa shape index (κ3) is 3.41. The van der Waals surface area contributed by atoms with E-state index in [9.17, 15) is 22.8 Å². The Hall–Kier alpha value is -2.43. The quantitative estimate of drug-likeness (QED) is 0.648. The summed E-state index contributed by atoms with van der Waals surface area (Å²) in [4.78, 5) is 43.9. The molecule has 2 aliphatic rings. The molecule has 158 valence electrons. The molecule has 1 saturated carbocycles. The number of sulfone groups is 1. The lowest BCUT2D eigenvalue weighted by Gasteiger charge is -2.34. The van der Waals surface area contributed by atoms with Gasteiger partial charge in [0.1, 0.15) is 6.54 Å². The summed E-state index contributed by atoms with van der Waals surface area (Å²) in [5, 5.41) is 0. The van der Waals surface area contributed by atoms with E-state index in [-0.39, 0.29) is 47.2 Å². The summed E-state index contributed by atoms with van der Waals surface area (Å²) >= 11 is 0. The summed E-state index contributed by atoms with van der Waals surface area (Å²) in [5.74, 6) is -0.115. The number of hydrogen-bond donors (Lipinski definition) is 0. The standard InChI is InChI=1S/C18H25N5O5S/c1-20-16-15(17(25)21(2)18(20)26)22(11-19-16)9-14(24)23(12-5-3-4-6-12)13-7-8-29(27,28)10-13/h11-13H,3-10H2,1-2H3. The van der Waals surface area contributed by atoms with Gasteiger partial charge in [0.25, 0.3) is 5.56 Å². The van der Waals surface area contributed by atoms with Crippen molar-refractivity contribution in [1.29, 1.82) is 0 Å². The first-order valence-electron chi connectivity index (χ1n) is 9.82. The molecule has 0 N–H and O–H groups in total. The van der Waals surface area contributed by atoms with Gasteiger partial charge in [-0.2, -0.15) is 0 Å². The fourth-order valence-electron chi connectivity index (χ4n) is 4.63. The van der Waals surface area contributed by atoms with E-state index in [0.29, 0.717) is 6.42 Å². The van der Waals surface area contributed by atoms with E-state index in [1.54, 1.807) is 4.90 Å². The van der Waals surface area contributed by atoms with Crippen LogP contribution in [0.15, 0.2) is 15.9 Å². The number of aromatic nitrogens is 4. The van der Waals surface area contributed by atoms with Gasteiger partial charge in [0, 0.05) is 26.2 Å². The zero-order chi connectivity index (χ0) is 20.9. The fraction of sp³-hybridized carbons (Fsp3) is 0.667. The van der Waals surface area contributed by atoms with E-state index in [4.69, 9.17) is 0 Å². The summed E-state index contributed by atoms with van der Waals surface area (Å²) < 4.78 is 27.7. The van der Waals surface area contributed by atoms with Crippen molar-refractivity contribution >= 4 is 26.9 Å². The van der Waals surface area contributed by atoms with E-state index < -0.39 is 21.1 Å². The first kappa shape index (κ1) is 19.9. The topological polar surface area (TPSA) is 116 Å². The van der Waals surface area contributed by atoms with Gasteiger partial charge < -0.3 is 9.47 Å². The molecule has 1 amide bonds. The highest BCUT2D eigenvalue weighted by molar-refractivity contribution is 7.91. The molecule has 10 nitrogen and oxygen atoms in total. The molecule has 3 heterocycles. The van der Waals surface area contributed by atoms with Crippen molar-refractivity contribution in [3.8, 4) is 0 Å². The largest absolute Gasteiger partial charge is 0.334 e. The highest BCUT2D eigenvalue weighted by atomic mass is 32.2. The lowest BCUT2D eigenvalue weighted by atomic mass is 10.1. The minimum atomic E-state index is -3.13. The molecule has 1 atom stereocenters. The molecular formula is C18H25N5O5S. The smallest absolute Gasteiger partial charge is 0.332 e. The molecule has 29 heavy (non-hydrogen) atoms. The third-order valence-electron chi connectivity index (χ3n) is 6.13. The molecule has 1 aliphatic heterocycles. The summed E-state index contributed by atoms with van der Waals surface area (Å²) in [6.07, 6.45) is 5.61. The summed E-state index contributed by atoms with van der Waals surface area (Å²) in [5.41, 5.74) is -0.581. The molecule has 0 radical (unpaired) electrons. The molecule has 0 aromatic carbocycles. The summed E-state index contributed by atoms with van der Waals surface area (Å²) in [7, 11) is -0.216. The molecule has 0 spiro atoms. The number of amides is 1. The number of aryl methyl sites for hydroxylation is 1. The molecule has 0 bridgehead atoms. The second-order valence-corrected chi connectivity index (χ2v) is 10.3. The van der Waals surface area contributed by atoms with Crippen LogP contribution < -0.4 is 11.2 Å². The van der Waals surface area contributed by atoms with Crippen molar-refractivity contribution in [1.82, 2.24) is 23.6 Å². The zero-order valence-corrected chi connectivity index (χ0v) is 17.4. The van der Waals surface area contributed by atoms with E-state index in [1.165, 1.54) is 29.6 Å². The zero-order valence-electron chi connectivity index (χ0n) is 16.6. The maximum atomic E-state index is 13.3. The number of carbonyl (C=O) groups is 1. The van der Waals surface area contributed by atoms with Gasteiger partial charge in [0.05, 0.1) is 17.8 Å². The van der Waals surface area contributed by atoms with Crippen LogP contribution in [0.1, 0.15) is 32.1 Å². The molecule has 4 rings (SSSR count). The first-order valence-corrected chi connectivity index (χ1v) is 11.6. The van der Waals surface area contributed by atoms with Gasteiger partial charge in [0.2, 0.25) is 5.91 Å². The molecule has 1 unspecified atom stereocenters. The van der Waals surface area contributed by atoms with Crippen LogP contribution in [-0.4, -0.2) is 61.5 Å². The van der Waals surface area contributed by atoms with Crippen LogP contribution >= 0.6 is 0 Å². The number of hydrogen-bond acceptors (Lipinski definition) is 6. The number of fused-ring (bicyclic) bond motifs is 1. The van der Waals surface area contributed by atoms with Crippen molar-refractivity contribution in [2.24, 2.45) is 14.1 Å². The summed E-state index contributed by atoms with van der Waals surface area (Å²) in [6, 6.07) is -0.291. The van der Waals surface area contributed by atoms with Gasteiger partial charge in [-0.1, -0.05) is 12.8 Å². The minimum absolute atomic E-state index is 0.00379. The predicted octanol–water partition coefficient (Wildman–Crippen LogP) is -0.608. The van der Waals surface area contributed by atoms with E-state index in [1.807, 2.05) is 0 Å². The second-order valence-electron chi connectivity index (χ2n) is 8.05. The Labute approximate surface area is 167 Å². The Morgan fingerprint density at radius 3 is 2.45 bits per heavy atom. The number of nitrogens with zero attached hydrogens (tertiary/aromatic N) is 5. The van der Waals surface area contributed by atoms with E-state index >= 15 is 0 Å². The highest BCUT2D eigenvalue weighted by Crippen LogP contribution is 2.29. The maximum absolute atomic E-state index is 13.3. The lowest BCUT2D eigenvalue weighted by molar-refractivity contribution is -0.136.